The van der Waals surface area contributed by atoms with Gasteiger partial charge in [-0.05, 0) is 36.8 Å². The molecule has 6 heteroatoms. The van der Waals surface area contributed by atoms with Crippen LogP contribution in [0.25, 0.3) is 0 Å². The van der Waals surface area contributed by atoms with Crippen LogP contribution in [0, 0.1) is 0 Å². The molecule has 5 nitrogen and oxygen atoms in total. The van der Waals surface area contributed by atoms with E-state index in [0.29, 0.717) is 0 Å². The Labute approximate surface area is 163 Å². The summed E-state index contributed by atoms with van der Waals surface area (Å²) >= 11 is 1.54. The maximum Gasteiger partial charge on any atom is 0.234 e. The van der Waals surface area contributed by atoms with Crippen molar-refractivity contribution < 1.29 is 9.53 Å². The van der Waals surface area contributed by atoms with Gasteiger partial charge in [-0.2, -0.15) is 0 Å². The van der Waals surface area contributed by atoms with E-state index in [1.165, 1.54) is 11.8 Å². The van der Waals surface area contributed by atoms with Crippen LogP contribution in [0.4, 0.5) is 0 Å². The predicted octanol–water partition coefficient (Wildman–Crippen LogP) is 3.82. The molecular formula is C21H23N3O2S. The lowest BCUT2D eigenvalue weighted by molar-refractivity contribution is -0.120. The van der Waals surface area contributed by atoms with Crippen molar-refractivity contribution in [1.29, 1.82) is 0 Å². The van der Waals surface area contributed by atoms with Gasteiger partial charge in [-0.15, -0.1) is 11.8 Å². The molecule has 3 rings (SSSR count). The van der Waals surface area contributed by atoms with E-state index in [-0.39, 0.29) is 17.2 Å². The van der Waals surface area contributed by atoms with Crippen LogP contribution in [0.15, 0.2) is 71.9 Å². The molecule has 140 valence electrons. The molecular weight excluding hydrogens is 358 g/mol. The van der Waals surface area contributed by atoms with E-state index >= 15 is 0 Å². The Bertz CT molecular complexity index is 878. The number of rotatable bonds is 7. The number of benzene rings is 2. The van der Waals surface area contributed by atoms with E-state index in [4.69, 9.17) is 4.74 Å². The van der Waals surface area contributed by atoms with Gasteiger partial charge in [-0.1, -0.05) is 30.3 Å². The van der Waals surface area contributed by atoms with E-state index in [9.17, 15) is 4.79 Å². The Morgan fingerprint density at radius 1 is 1.15 bits per heavy atom. The molecule has 2 unspecified atom stereocenters. The predicted molar refractivity (Wildman–Crippen MR) is 108 cm³/mol. The molecule has 27 heavy (non-hydrogen) atoms. The molecule has 1 aromatic heterocycles. The molecule has 0 spiro atoms. The first-order chi connectivity index (χ1) is 13.1. The van der Waals surface area contributed by atoms with E-state index in [1.54, 1.807) is 13.3 Å². The lowest BCUT2D eigenvalue weighted by Gasteiger charge is -2.21. The minimum absolute atomic E-state index is 0.0346. The summed E-state index contributed by atoms with van der Waals surface area (Å²) in [6, 6.07) is 17.3. The Kier molecular flexibility index (Phi) is 6.19. The maximum absolute atomic E-state index is 12.9. The first-order valence-corrected chi connectivity index (χ1v) is 9.59. The molecule has 2 aromatic carbocycles. The molecule has 0 radical (unpaired) electrons. The van der Waals surface area contributed by atoms with E-state index in [0.717, 1.165) is 22.0 Å². The number of nitrogens with one attached hydrogen (secondary N) is 1. The SMILES string of the molecule is COc1ccc(C(NC(=O)C(C)Sc2ccccc2)c2nccn2C)cc1. The summed E-state index contributed by atoms with van der Waals surface area (Å²) in [4.78, 5) is 18.4. The van der Waals surface area contributed by atoms with Gasteiger partial charge in [-0.3, -0.25) is 4.79 Å². The van der Waals surface area contributed by atoms with Gasteiger partial charge in [0.2, 0.25) is 5.91 Å². The van der Waals surface area contributed by atoms with Crippen LogP contribution in [0.1, 0.15) is 24.4 Å². The second-order valence-electron chi connectivity index (χ2n) is 6.18. The van der Waals surface area contributed by atoms with Crippen LogP contribution in [-0.4, -0.2) is 27.8 Å². The van der Waals surface area contributed by atoms with Crippen molar-refractivity contribution in [3.63, 3.8) is 0 Å². The Hall–Kier alpha value is -2.73. The van der Waals surface area contributed by atoms with Gasteiger partial charge in [-0.25, -0.2) is 4.98 Å². The number of hydrogen-bond donors (Lipinski definition) is 1. The number of carbonyl (C=O) groups excluding carboxylic acids is 1. The zero-order valence-corrected chi connectivity index (χ0v) is 16.4. The van der Waals surface area contributed by atoms with Crippen LogP contribution in [-0.2, 0) is 11.8 Å². The number of thioether (sulfide) groups is 1. The highest BCUT2D eigenvalue weighted by Gasteiger charge is 2.24. The Morgan fingerprint density at radius 2 is 1.85 bits per heavy atom. The summed E-state index contributed by atoms with van der Waals surface area (Å²) in [5.41, 5.74) is 0.954. The van der Waals surface area contributed by atoms with Crippen molar-refractivity contribution in [2.75, 3.05) is 7.11 Å². The summed E-state index contributed by atoms with van der Waals surface area (Å²) in [6.07, 6.45) is 3.61. The van der Waals surface area contributed by atoms with Gasteiger partial charge in [0, 0.05) is 24.3 Å². The number of methoxy groups -OCH3 is 1. The highest BCUT2D eigenvalue weighted by molar-refractivity contribution is 8.00. The Morgan fingerprint density at radius 3 is 2.44 bits per heavy atom. The first kappa shape index (κ1) is 19.0. The van der Waals surface area contributed by atoms with Gasteiger partial charge >= 0.3 is 0 Å². The average Bonchev–Trinajstić information content (AvgIpc) is 3.12. The van der Waals surface area contributed by atoms with Crippen molar-refractivity contribution >= 4 is 17.7 Å². The summed E-state index contributed by atoms with van der Waals surface area (Å²) in [6.45, 7) is 1.91. The van der Waals surface area contributed by atoms with Crippen LogP contribution >= 0.6 is 11.8 Å². The van der Waals surface area contributed by atoms with Crippen LogP contribution < -0.4 is 10.1 Å². The first-order valence-electron chi connectivity index (χ1n) is 8.71. The average molecular weight is 382 g/mol. The summed E-state index contributed by atoms with van der Waals surface area (Å²) in [5, 5.41) is 2.92. The number of aryl methyl sites for hydroxylation is 1. The molecule has 1 amide bonds. The largest absolute Gasteiger partial charge is 0.497 e. The van der Waals surface area contributed by atoms with Crippen molar-refractivity contribution in [2.24, 2.45) is 7.05 Å². The highest BCUT2D eigenvalue weighted by atomic mass is 32.2. The van der Waals surface area contributed by atoms with Crippen molar-refractivity contribution in [2.45, 2.75) is 23.1 Å². The monoisotopic (exact) mass is 381 g/mol. The molecule has 0 aliphatic heterocycles. The van der Waals surface area contributed by atoms with Crippen molar-refractivity contribution in [3.8, 4) is 5.75 Å². The Balaban J connectivity index is 1.80. The molecule has 1 N–H and O–H groups in total. The van der Waals surface area contributed by atoms with Gasteiger partial charge in [0.25, 0.3) is 0 Å². The number of nitrogens with zero attached hydrogens (tertiary/aromatic N) is 2. The topological polar surface area (TPSA) is 56.1 Å². The molecule has 0 saturated carbocycles. The second-order valence-corrected chi connectivity index (χ2v) is 7.60. The number of ether oxygens (including phenoxy) is 1. The third kappa shape index (κ3) is 4.71. The fraction of sp³-hybridized carbons (Fsp3) is 0.238. The number of imidazole rings is 1. The van der Waals surface area contributed by atoms with Crippen molar-refractivity contribution in [3.05, 3.63) is 78.4 Å². The third-order valence-electron chi connectivity index (χ3n) is 4.28. The van der Waals surface area contributed by atoms with Crippen molar-refractivity contribution in [1.82, 2.24) is 14.9 Å². The molecule has 0 bridgehead atoms. The number of hydrogen-bond acceptors (Lipinski definition) is 4. The lowest BCUT2D eigenvalue weighted by Crippen LogP contribution is -2.36. The van der Waals surface area contributed by atoms with E-state index < -0.39 is 0 Å². The molecule has 0 fully saturated rings. The number of carbonyl (C=O) groups is 1. The normalized spacial score (nSPS) is 13.0. The fourth-order valence-electron chi connectivity index (χ4n) is 2.76. The van der Waals surface area contributed by atoms with Gasteiger partial charge in [0.05, 0.1) is 12.4 Å². The molecule has 0 saturated heterocycles. The summed E-state index contributed by atoms with van der Waals surface area (Å²) < 4.78 is 7.16. The third-order valence-corrected chi connectivity index (χ3v) is 5.39. The van der Waals surface area contributed by atoms with E-state index in [2.05, 4.69) is 10.3 Å². The van der Waals surface area contributed by atoms with Gasteiger partial charge < -0.3 is 14.6 Å². The summed E-state index contributed by atoms with van der Waals surface area (Å²) in [5.74, 6) is 1.52. The molecule has 0 aliphatic carbocycles. The standard InChI is InChI=1S/C21H23N3O2S/c1-15(27-18-7-5-4-6-8-18)21(25)23-19(20-22-13-14-24(20)2)16-9-11-17(26-3)12-10-16/h4-15,19H,1-3H3,(H,23,25). The second kappa shape index (κ2) is 8.77. The van der Waals surface area contributed by atoms with Gasteiger partial charge in [0.15, 0.2) is 0 Å². The van der Waals surface area contributed by atoms with Crippen LogP contribution in [0.2, 0.25) is 0 Å². The molecule has 2 atom stereocenters. The van der Waals surface area contributed by atoms with Crippen LogP contribution in [0.5, 0.6) is 5.75 Å². The lowest BCUT2D eigenvalue weighted by atomic mass is 10.1. The van der Waals surface area contributed by atoms with Crippen LogP contribution in [0.3, 0.4) is 0 Å². The molecule has 3 aromatic rings. The van der Waals surface area contributed by atoms with Gasteiger partial charge in [0.1, 0.15) is 17.6 Å². The maximum atomic E-state index is 12.9. The zero-order chi connectivity index (χ0) is 19.2. The number of aromatic nitrogens is 2. The summed E-state index contributed by atoms with van der Waals surface area (Å²) in [7, 11) is 3.56. The smallest absolute Gasteiger partial charge is 0.234 e. The minimum Gasteiger partial charge on any atom is -0.497 e. The highest BCUT2D eigenvalue weighted by Crippen LogP contribution is 2.26. The molecule has 1 heterocycles. The quantitative estimate of drug-likeness (QED) is 0.632. The zero-order valence-electron chi connectivity index (χ0n) is 15.6. The molecule has 0 aliphatic rings. The fourth-order valence-corrected chi connectivity index (χ4v) is 3.66. The number of amides is 1. The van der Waals surface area contributed by atoms with E-state index in [1.807, 2.05) is 79.3 Å². The minimum atomic E-state index is -0.331.